The fraction of sp³-hybridized carbons (Fsp3) is 0.176. The van der Waals surface area contributed by atoms with Crippen molar-refractivity contribution in [3.05, 3.63) is 65.7 Å². The summed E-state index contributed by atoms with van der Waals surface area (Å²) in [4.78, 5) is 20.7. The highest BCUT2D eigenvalue weighted by molar-refractivity contribution is 8.00. The molecule has 4 heterocycles. The van der Waals surface area contributed by atoms with Gasteiger partial charge in [-0.15, -0.1) is 11.8 Å². The first-order chi connectivity index (χ1) is 11.7. The predicted octanol–water partition coefficient (Wildman–Crippen LogP) is 2.75. The minimum Gasteiger partial charge on any atom is -0.310 e. The molecule has 3 aromatic heterocycles. The van der Waals surface area contributed by atoms with Crippen molar-refractivity contribution in [1.82, 2.24) is 19.7 Å². The van der Waals surface area contributed by atoms with E-state index in [1.165, 1.54) is 0 Å². The number of anilines is 1. The van der Waals surface area contributed by atoms with Crippen LogP contribution in [0.3, 0.4) is 0 Å². The Labute approximate surface area is 143 Å². The van der Waals surface area contributed by atoms with E-state index in [4.69, 9.17) is 0 Å². The van der Waals surface area contributed by atoms with E-state index in [0.717, 1.165) is 16.8 Å². The number of carbonyl (C=O) groups excluding carboxylic acids is 1. The summed E-state index contributed by atoms with van der Waals surface area (Å²) in [5, 5.41) is 7.65. The molecule has 4 rings (SSSR count). The Morgan fingerprint density at radius 2 is 2.04 bits per heavy atom. The SMILES string of the molecule is Cc1nn(-c2ccccn2)c2c1[C@@H](c1ccncc1)SCC(=O)N2. The van der Waals surface area contributed by atoms with Gasteiger partial charge in [-0.2, -0.15) is 9.78 Å². The highest BCUT2D eigenvalue weighted by Gasteiger charge is 2.30. The number of hydrogen-bond donors (Lipinski definition) is 1. The number of aromatic nitrogens is 4. The fourth-order valence-electron chi connectivity index (χ4n) is 2.83. The lowest BCUT2D eigenvalue weighted by atomic mass is 10.1. The number of nitrogens with one attached hydrogen (secondary N) is 1. The number of aryl methyl sites for hydroxylation is 1. The van der Waals surface area contributed by atoms with Gasteiger partial charge in [0.1, 0.15) is 5.82 Å². The van der Waals surface area contributed by atoms with Gasteiger partial charge in [-0.3, -0.25) is 9.78 Å². The zero-order valence-corrected chi connectivity index (χ0v) is 13.8. The van der Waals surface area contributed by atoms with E-state index in [-0.39, 0.29) is 11.2 Å². The second-order valence-electron chi connectivity index (χ2n) is 5.47. The Balaban J connectivity index is 1.90. The molecule has 120 valence electrons. The second-order valence-corrected chi connectivity index (χ2v) is 6.56. The first-order valence-corrected chi connectivity index (χ1v) is 8.61. The minimum absolute atomic E-state index is 0.0272. The number of amides is 1. The number of hydrogen-bond acceptors (Lipinski definition) is 5. The molecule has 1 amide bonds. The Hall–Kier alpha value is -2.67. The third-order valence-corrected chi connectivity index (χ3v) is 5.15. The van der Waals surface area contributed by atoms with Crippen LogP contribution in [0.15, 0.2) is 48.9 Å². The molecular formula is C17H15N5OS. The molecule has 0 unspecified atom stereocenters. The van der Waals surface area contributed by atoms with Crippen molar-refractivity contribution in [2.75, 3.05) is 11.1 Å². The quantitative estimate of drug-likeness (QED) is 0.778. The molecule has 6 nitrogen and oxygen atoms in total. The first kappa shape index (κ1) is 14.9. The molecule has 0 aliphatic carbocycles. The number of fused-ring (bicyclic) bond motifs is 1. The van der Waals surface area contributed by atoms with Crippen molar-refractivity contribution >= 4 is 23.5 Å². The van der Waals surface area contributed by atoms with Gasteiger partial charge in [-0.1, -0.05) is 6.07 Å². The molecule has 1 N–H and O–H groups in total. The lowest BCUT2D eigenvalue weighted by molar-refractivity contribution is -0.113. The number of thioether (sulfide) groups is 1. The summed E-state index contributed by atoms with van der Waals surface area (Å²) in [6, 6.07) is 9.59. The molecule has 24 heavy (non-hydrogen) atoms. The summed E-state index contributed by atoms with van der Waals surface area (Å²) in [5.41, 5.74) is 3.01. The number of pyridine rings is 2. The number of carbonyl (C=O) groups is 1. The van der Waals surface area contributed by atoms with Crippen LogP contribution in [0.2, 0.25) is 0 Å². The van der Waals surface area contributed by atoms with E-state index in [1.54, 1.807) is 35.0 Å². The van der Waals surface area contributed by atoms with E-state index < -0.39 is 0 Å². The third kappa shape index (κ3) is 2.56. The fourth-order valence-corrected chi connectivity index (χ4v) is 4.02. The van der Waals surface area contributed by atoms with Crippen LogP contribution >= 0.6 is 11.8 Å². The van der Waals surface area contributed by atoms with Crippen molar-refractivity contribution in [1.29, 1.82) is 0 Å². The standard InChI is InChI=1S/C17H15N5OS/c1-11-15-16(12-5-8-18-9-6-12)24-10-14(23)20-17(15)22(21-11)13-4-2-3-7-19-13/h2-9,16H,10H2,1H3,(H,20,23)/t16-/m1/s1. The van der Waals surface area contributed by atoms with Crippen molar-refractivity contribution in [2.24, 2.45) is 0 Å². The van der Waals surface area contributed by atoms with Crippen LogP contribution in [0.4, 0.5) is 5.82 Å². The zero-order chi connectivity index (χ0) is 16.5. The lowest BCUT2D eigenvalue weighted by Gasteiger charge is -2.14. The van der Waals surface area contributed by atoms with Crippen molar-refractivity contribution in [3.63, 3.8) is 0 Å². The molecule has 1 aliphatic heterocycles. The molecule has 7 heteroatoms. The van der Waals surface area contributed by atoms with Crippen LogP contribution in [0, 0.1) is 6.92 Å². The van der Waals surface area contributed by atoms with Crippen molar-refractivity contribution < 1.29 is 4.79 Å². The molecule has 1 aliphatic rings. The maximum absolute atomic E-state index is 12.2. The minimum atomic E-state index is -0.0325. The van der Waals surface area contributed by atoms with Gasteiger partial charge in [-0.05, 0) is 36.8 Å². The van der Waals surface area contributed by atoms with Crippen LogP contribution in [0.5, 0.6) is 0 Å². The van der Waals surface area contributed by atoms with Gasteiger partial charge >= 0.3 is 0 Å². The van der Waals surface area contributed by atoms with E-state index in [9.17, 15) is 4.79 Å². The van der Waals surface area contributed by atoms with Gasteiger partial charge in [-0.25, -0.2) is 4.98 Å². The molecule has 0 saturated heterocycles. The van der Waals surface area contributed by atoms with Crippen LogP contribution in [0.1, 0.15) is 22.1 Å². The van der Waals surface area contributed by atoms with Crippen molar-refractivity contribution in [3.8, 4) is 5.82 Å². The Morgan fingerprint density at radius 1 is 1.21 bits per heavy atom. The number of nitrogens with zero attached hydrogens (tertiary/aromatic N) is 4. The van der Waals surface area contributed by atoms with Gasteiger partial charge in [0, 0.05) is 24.2 Å². The Morgan fingerprint density at radius 3 is 2.79 bits per heavy atom. The number of rotatable bonds is 2. The highest BCUT2D eigenvalue weighted by atomic mass is 32.2. The maximum atomic E-state index is 12.2. The topological polar surface area (TPSA) is 72.7 Å². The van der Waals surface area contributed by atoms with Crippen LogP contribution in [-0.2, 0) is 4.79 Å². The molecule has 0 spiro atoms. The Kier molecular flexibility index (Phi) is 3.78. The zero-order valence-electron chi connectivity index (χ0n) is 13.0. The molecule has 1 atom stereocenters. The summed E-state index contributed by atoms with van der Waals surface area (Å²) in [5.74, 6) is 1.74. The molecule has 0 saturated carbocycles. The maximum Gasteiger partial charge on any atom is 0.235 e. The molecule has 3 aromatic rings. The monoisotopic (exact) mass is 337 g/mol. The van der Waals surface area contributed by atoms with Crippen molar-refractivity contribution in [2.45, 2.75) is 12.2 Å². The molecule has 0 fully saturated rings. The second kappa shape index (κ2) is 6.09. The highest BCUT2D eigenvalue weighted by Crippen LogP contribution is 2.43. The van der Waals surface area contributed by atoms with E-state index in [1.807, 2.05) is 37.3 Å². The smallest absolute Gasteiger partial charge is 0.235 e. The normalized spacial score (nSPS) is 17.0. The molecular weight excluding hydrogens is 322 g/mol. The van der Waals surface area contributed by atoms with Crippen LogP contribution in [0.25, 0.3) is 5.82 Å². The van der Waals surface area contributed by atoms with Gasteiger partial charge in [0.15, 0.2) is 5.82 Å². The van der Waals surface area contributed by atoms with Gasteiger partial charge in [0.25, 0.3) is 0 Å². The van der Waals surface area contributed by atoms with Gasteiger partial charge < -0.3 is 5.32 Å². The molecule has 0 bridgehead atoms. The Bertz CT molecular complexity index is 879. The van der Waals surface area contributed by atoms with E-state index >= 15 is 0 Å². The average molecular weight is 337 g/mol. The summed E-state index contributed by atoms with van der Waals surface area (Å²) < 4.78 is 1.71. The summed E-state index contributed by atoms with van der Waals surface area (Å²) >= 11 is 1.60. The average Bonchev–Trinajstić information content (AvgIpc) is 2.83. The lowest BCUT2D eigenvalue weighted by Crippen LogP contribution is -2.16. The van der Waals surface area contributed by atoms with E-state index in [0.29, 0.717) is 17.4 Å². The summed E-state index contributed by atoms with van der Waals surface area (Å²) in [6.07, 6.45) is 5.26. The summed E-state index contributed by atoms with van der Waals surface area (Å²) in [7, 11) is 0. The van der Waals surface area contributed by atoms with Gasteiger partial charge in [0.05, 0.1) is 16.7 Å². The van der Waals surface area contributed by atoms with E-state index in [2.05, 4.69) is 20.4 Å². The summed E-state index contributed by atoms with van der Waals surface area (Å²) in [6.45, 7) is 1.96. The van der Waals surface area contributed by atoms with Gasteiger partial charge in [0.2, 0.25) is 5.91 Å². The third-order valence-electron chi connectivity index (χ3n) is 3.88. The molecule has 0 radical (unpaired) electrons. The first-order valence-electron chi connectivity index (χ1n) is 7.56. The van der Waals surface area contributed by atoms with Crippen LogP contribution in [-0.4, -0.2) is 31.4 Å². The molecule has 0 aromatic carbocycles. The largest absolute Gasteiger partial charge is 0.310 e. The van der Waals surface area contributed by atoms with Crippen LogP contribution < -0.4 is 5.32 Å². The predicted molar refractivity (Wildman–Crippen MR) is 93.3 cm³/mol.